The minimum Gasteiger partial charge on any atom is -0.370 e. The van der Waals surface area contributed by atoms with Crippen molar-refractivity contribution in [2.24, 2.45) is 0 Å². The summed E-state index contributed by atoms with van der Waals surface area (Å²) in [7, 11) is 0. The normalized spacial score (nSPS) is 19.7. The van der Waals surface area contributed by atoms with Crippen LogP contribution in [0, 0.1) is 0 Å². The van der Waals surface area contributed by atoms with E-state index in [0.29, 0.717) is 0 Å². The molecule has 20 heavy (non-hydrogen) atoms. The van der Waals surface area contributed by atoms with Gasteiger partial charge in [-0.05, 0) is 38.1 Å². The fourth-order valence-electron chi connectivity index (χ4n) is 3.06. The zero-order chi connectivity index (χ0) is 14.4. The molecule has 1 aliphatic heterocycles. The summed E-state index contributed by atoms with van der Waals surface area (Å²) in [6.07, 6.45) is 3.30. The Morgan fingerprint density at radius 1 is 1.30 bits per heavy atom. The van der Waals surface area contributed by atoms with Gasteiger partial charge in [-0.15, -0.1) is 0 Å². The molecule has 0 spiro atoms. The van der Waals surface area contributed by atoms with E-state index in [2.05, 4.69) is 53.0 Å². The maximum Gasteiger partial charge on any atom is 0.125 e. The third kappa shape index (κ3) is 3.93. The van der Waals surface area contributed by atoms with E-state index in [1.54, 1.807) is 0 Å². The first-order valence-corrected chi connectivity index (χ1v) is 7.92. The smallest absolute Gasteiger partial charge is 0.125 e. The highest BCUT2D eigenvalue weighted by atomic mass is 15.2. The van der Waals surface area contributed by atoms with Crippen LogP contribution in [0.2, 0.25) is 0 Å². The topological polar surface area (TPSA) is 31.4 Å². The molecule has 4 heteroatoms. The molecule has 0 radical (unpaired) electrons. The van der Waals surface area contributed by atoms with Crippen molar-refractivity contribution in [1.29, 1.82) is 0 Å². The Balaban J connectivity index is 1.85. The van der Waals surface area contributed by atoms with E-state index in [1.165, 1.54) is 25.1 Å². The maximum absolute atomic E-state index is 4.45. The molecule has 1 aromatic heterocycles. The average molecular weight is 276 g/mol. The number of pyridine rings is 1. The summed E-state index contributed by atoms with van der Waals surface area (Å²) >= 11 is 0. The Morgan fingerprint density at radius 3 is 2.70 bits per heavy atom. The predicted molar refractivity (Wildman–Crippen MR) is 85.0 cm³/mol. The summed E-state index contributed by atoms with van der Waals surface area (Å²) < 4.78 is 0. The summed E-state index contributed by atoms with van der Waals surface area (Å²) in [5, 5.41) is 3.23. The zero-order valence-electron chi connectivity index (χ0n) is 13.1. The molecule has 0 aromatic carbocycles. The fourth-order valence-corrected chi connectivity index (χ4v) is 3.06. The lowest BCUT2D eigenvalue weighted by Gasteiger charge is -2.26. The van der Waals surface area contributed by atoms with Crippen LogP contribution in [-0.2, 0) is 6.54 Å². The van der Waals surface area contributed by atoms with Crippen LogP contribution >= 0.6 is 0 Å². The Hall–Kier alpha value is -1.13. The summed E-state index contributed by atoms with van der Waals surface area (Å²) in [6.45, 7) is 13.3. The molecule has 1 saturated heterocycles. The second-order valence-electron chi connectivity index (χ2n) is 5.48. The van der Waals surface area contributed by atoms with Crippen molar-refractivity contribution < 1.29 is 0 Å². The first kappa shape index (κ1) is 15.3. The maximum atomic E-state index is 4.45. The number of aromatic nitrogens is 1. The molecular weight excluding hydrogens is 248 g/mol. The molecule has 0 saturated carbocycles. The standard InChI is InChI=1S/C16H28N4/c1-4-17-16-8-7-14(11-18-16)12-19-10-9-15(13-19)20(5-2)6-3/h7-8,11,15H,4-6,9-10,12-13H2,1-3H3,(H,17,18). The summed E-state index contributed by atoms with van der Waals surface area (Å²) in [4.78, 5) is 9.57. The fraction of sp³-hybridized carbons (Fsp3) is 0.688. The lowest BCUT2D eigenvalue weighted by Crippen LogP contribution is -2.37. The van der Waals surface area contributed by atoms with Crippen LogP contribution in [-0.4, -0.2) is 53.5 Å². The van der Waals surface area contributed by atoms with Gasteiger partial charge in [-0.1, -0.05) is 19.9 Å². The van der Waals surface area contributed by atoms with Gasteiger partial charge < -0.3 is 5.32 Å². The van der Waals surface area contributed by atoms with Gasteiger partial charge in [0.25, 0.3) is 0 Å². The molecule has 2 heterocycles. The molecular formula is C16H28N4. The number of rotatable bonds is 7. The van der Waals surface area contributed by atoms with Gasteiger partial charge in [-0.25, -0.2) is 4.98 Å². The molecule has 0 amide bonds. The van der Waals surface area contributed by atoms with Crippen LogP contribution in [0.3, 0.4) is 0 Å². The minimum atomic E-state index is 0.735. The molecule has 1 N–H and O–H groups in total. The van der Waals surface area contributed by atoms with Crippen molar-refractivity contribution in [3.05, 3.63) is 23.9 Å². The Morgan fingerprint density at radius 2 is 2.10 bits per heavy atom. The van der Waals surface area contributed by atoms with Crippen molar-refractivity contribution >= 4 is 5.82 Å². The molecule has 2 rings (SSSR count). The van der Waals surface area contributed by atoms with E-state index >= 15 is 0 Å². The van der Waals surface area contributed by atoms with E-state index in [1.807, 2.05) is 6.20 Å². The van der Waals surface area contributed by atoms with Crippen LogP contribution in [0.4, 0.5) is 5.82 Å². The van der Waals surface area contributed by atoms with Gasteiger partial charge in [0.2, 0.25) is 0 Å². The quantitative estimate of drug-likeness (QED) is 0.829. The molecule has 1 aliphatic rings. The number of anilines is 1. The molecule has 1 unspecified atom stereocenters. The largest absolute Gasteiger partial charge is 0.370 e. The number of hydrogen-bond acceptors (Lipinski definition) is 4. The van der Waals surface area contributed by atoms with E-state index in [4.69, 9.17) is 0 Å². The van der Waals surface area contributed by atoms with E-state index < -0.39 is 0 Å². The molecule has 1 atom stereocenters. The number of likely N-dealkylation sites (tertiary alicyclic amines) is 1. The van der Waals surface area contributed by atoms with Crippen molar-refractivity contribution in [3.63, 3.8) is 0 Å². The SMILES string of the molecule is CCNc1ccc(CN2CCC(N(CC)CC)C2)cn1. The first-order valence-electron chi connectivity index (χ1n) is 7.92. The van der Waals surface area contributed by atoms with Gasteiger partial charge in [0.15, 0.2) is 0 Å². The van der Waals surface area contributed by atoms with Gasteiger partial charge in [0.1, 0.15) is 5.82 Å². The minimum absolute atomic E-state index is 0.735. The van der Waals surface area contributed by atoms with E-state index in [9.17, 15) is 0 Å². The highest BCUT2D eigenvalue weighted by molar-refractivity contribution is 5.35. The number of hydrogen-bond donors (Lipinski definition) is 1. The van der Waals surface area contributed by atoms with Crippen molar-refractivity contribution in [3.8, 4) is 0 Å². The number of nitrogens with one attached hydrogen (secondary N) is 1. The highest BCUT2D eigenvalue weighted by Crippen LogP contribution is 2.18. The average Bonchev–Trinajstić information content (AvgIpc) is 2.91. The first-order chi connectivity index (χ1) is 9.76. The third-order valence-corrected chi connectivity index (χ3v) is 4.17. The second-order valence-corrected chi connectivity index (χ2v) is 5.48. The Kier molecular flexibility index (Phi) is 5.80. The summed E-state index contributed by atoms with van der Waals surface area (Å²) in [6, 6.07) is 5.01. The molecule has 4 nitrogen and oxygen atoms in total. The van der Waals surface area contributed by atoms with Crippen LogP contribution in [0.25, 0.3) is 0 Å². The number of nitrogens with zero attached hydrogens (tertiary/aromatic N) is 3. The van der Waals surface area contributed by atoms with Crippen molar-refractivity contribution in [2.45, 2.75) is 39.8 Å². The second kappa shape index (κ2) is 7.60. The van der Waals surface area contributed by atoms with Gasteiger partial charge >= 0.3 is 0 Å². The van der Waals surface area contributed by atoms with Crippen molar-refractivity contribution in [1.82, 2.24) is 14.8 Å². The molecule has 0 bridgehead atoms. The van der Waals surface area contributed by atoms with Gasteiger partial charge in [0.05, 0.1) is 0 Å². The van der Waals surface area contributed by atoms with E-state index in [0.717, 1.165) is 38.0 Å². The molecule has 1 aromatic rings. The lowest BCUT2D eigenvalue weighted by atomic mass is 10.2. The van der Waals surface area contributed by atoms with Gasteiger partial charge in [-0.2, -0.15) is 0 Å². The Labute approximate surface area is 123 Å². The van der Waals surface area contributed by atoms with Gasteiger partial charge in [0, 0.05) is 38.4 Å². The number of likely N-dealkylation sites (N-methyl/N-ethyl adjacent to an activating group) is 1. The molecule has 1 fully saturated rings. The summed E-state index contributed by atoms with van der Waals surface area (Å²) in [5.74, 6) is 0.971. The van der Waals surface area contributed by atoms with Crippen LogP contribution in [0.15, 0.2) is 18.3 Å². The van der Waals surface area contributed by atoms with Crippen molar-refractivity contribution in [2.75, 3.05) is 38.0 Å². The van der Waals surface area contributed by atoms with Crippen LogP contribution < -0.4 is 5.32 Å². The predicted octanol–water partition coefficient (Wildman–Crippen LogP) is 2.43. The Bertz CT molecular complexity index is 386. The zero-order valence-corrected chi connectivity index (χ0v) is 13.1. The van der Waals surface area contributed by atoms with Gasteiger partial charge in [-0.3, -0.25) is 9.80 Å². The van der Waals surface area contributed by atoms with E-state index in [-0.39, 0.29) is 0 Å². The van der Waals surface area contributed by atoms with Crippen LogP contribution in [0.1, 0.15) is 32.8 Å². The molecule has 0 aliphatic carbocycles. The third-order valence-electron chi connectivity index (χ3n) is 4.17. The summed E-state index contributed by atoms with van der Waals surface area (Å²) in [5.41, 5.74) is 1.31. The van der Waals surface area contributed by atoms with Crippen LogP contribution in [0.5, 0.6) is 0 Å². The lowest BCUT2D eigenvalue weighted by molar-refractivity contribution is 0.209. The molecule has 112 valence electrons. The highest BCUT2D eigenvalue weighted by Gasteiger charge is 2.25. The monoisotopic (exact) mass is 276 g/mol.